The lowest BCUT2D eigenvalue weighted by Gasteiger charge is -2.32. The molecule has 5 atom stereocenters. The second kappa shape index (κ2) is 9.86. The molecule has 0 aromatic heterocycles. The van der Waals surface area contributed by atoms with Crippen LogP contribution in [-0.4, -0.2) is 47.1 Å². The molecule has 2 bridgehead atoms. The van der Waals surface area contributed by atoms with E-state index in [1.54, 1.807) is 0 Å². The van der Waals surface area contributed by atoms with Crippen LogP contribution in [0.4, 0.5) is 0 Å². The minimum atomic E-state index is -0.722. The Labute approximate surface area is 157 Å². The molecule has 2 aliphatic heterocycles. The van der Waals surface area contributed by atoms with Gasteiger partial charge in [0.1, 0.15) is 0 Å². The van der Waals surface area contributed by atoms with Gasteiger partial charge in [0.15, 0.2) is 0 Å². The Kier molecular flexibility index (Phi) is 7.52. The number of hydrogen-bond donors (Lipinski definition) is 3. The molecule has 0 aromatic rings. The lowest BCUT2D eigenvalue weighted by Crippen LogP contribution is -2.47. The number of rotatable bonds is 10. The van der Waals surface area contributed by atoms with E-state index in [0.29, 0.717) is 43.1 Å². The molecule has 1 saturated carbocycles. The van der Waals surface area contributed by atoms with E-state index < -0.39 is 5.97 Å². The van der Waals surface area contributed by atoms with E-state index >= 15 is 0 Å². The average Bonchev–Trinajstić information content (AvgIpc) is 3.24. The zero-order valence-corrected chi connectivity index (χ0v) is 15.8. The lowest BCUT2D eigenvalue weighted by molar-refractivity contribution is -0.137. The van der Waals surface area contributed by atoms with Gasteiger partial charge in [-0.2, -0.15) is 0 Å². The van der Waals surface area contributed by atoms with E-state index in [0.717, 1.165) is 25.7 Å². The number of aliphatic hydroxyl groups excluding tert-OH is 1. The Hall–Kier alpha value is -0.910. The summed E-state index contributed by atoms with van der Waals surface area (Å²) in [6, 6.07) is 0.343. The second-order valence-corrected chi connectivity index (χ2v) is 8.35. The summed E-state index contributed by atoms with van der Waals surface area (Å²) in [5.74, 6) is 0.215. The molecule has 2 saturated heterocycles. The highest BCUT2D eigenvalue weighted by Gasteiger charge is 2.48. The Morgan fingerprint density at radius 1 is 1.12 bits per heavy atom. The first kappa shape index (κ1) is 19.8. The van der Waals surface area contributed by atoms with Crippen molar-refractivity contribution in [3.8, 4) is 0 Å². The van der Waals surface area contributed by atoms with E-state index in [9.17, 15) is 9.90 Å². The van der Waals surface area contributed by atoms with Crippen LogP contribution in [0.25, 0.3) is 0 Å². The fourth-order valence-corrected chi connectivity index (χ4v) is 5.04. The first-order chi connectivity index (χ1) is 12.6. The molecule has 2 heterocycles. The van der Waals surface area contributed by atoms with Crippen molar-refractivity contribution in [2.45, 2.75) is 95.0 Å². The van der Waals surface area contributed by atoms with Gasteiger partial charge < -0.3 is 20.3 Å². The van der Waals surface area contributed by atoms with Gasteiger partial charge in [-0.1, -0.05) is 31.4 Å². The number of carboxylic acid groups (broad SMARTS) is 1. The largest absolute Gasteiger partial charge is 0.481 e. The van der Waals surface area contributed by atoms with Crippen LogP contribution in [0.1, 0.15) is 70.6 Å². The van der Waals surface area contributed by atoms with Crippen LogP contribution in [0.5, 0.6) is 0 Å². The van der Waals surface area contributed by atoms with Gasteiger partial charge in [-0.25, -0.2) is 0 Å². The van der Waals surface area contributed by atoms with Crippen LogP contribution in [-0.2, 0) is 9.53 Å². The first-order valence-corrected chi connectivity index (χ1v) is 10.6. The van der Waals surface area contributed by atoms with Crippen LogP contribution in [0, 0.1) is 11.8 Å². The predicted molar refractivity (Wildman–Crippen MR) is 101 cm³/mol. The minimum absolute atomic E-state index is 0.235. The fraction of sp³-hybridized carbons (Fsp3) is 0.857. The SMILES string of the molecule is O=C(O)CCC/C=C\C[C@@H]1[C@H](NCC(O)C2CCCCC2)[C@@H]2CC[C@H]1O2. The Bertz CT molecular complexity index is 475. The first-order valence-electron chi connectivity index (χ1n) is 10.6. The molecule has 0 aromatic carbocycles. The molecule has 5 nitrogen and oxygen atoms in total. The summed E-state index contributed by atoms with van der Waals surface area (Å²) in [5, 5.41) is 22.9. The number of fused-ring (bicyclic) bond motifs is 2. The summed E-state index contributed by atoms with van der Waals surface area (Å²) in [5.41, 5.74) is 0. The van der Waals surface area contributed by atoms with E-state index in [1.807, 2.05) is 0 Å². The van der Waals surface area contributed by atoms with E-state index in [1.165, 1.54) is 32.1 Å². The van der Waals surface area contributed by atoms with Crippen LogP contribution in [0.3, 0.4) is 0 Å². The molecular weight excluding hydrogens is 330 g/mol. The van der Waals surface area contributed by atoms with Gasteiger partial charge >= 0.3 is 5.97 Å². The predicted octanol–water partition coefficient (Wildman–Crippen LogP) is 3.26. The van der Waals surface area contributed by atoms with Gasteiger partial charge in [0.05, 0.1) is 18.3 Å². The Morgan fingerprint density at radius 2 is 1.88 bits per heavy atom. The molecule has 3 N–H and O–H groups in total. The molecule has 26 heavy (non-hydrogen) atoms. The van der Waals surface area contributed by atoms with Gasteiger partial charge in [0, 0.05) is 24.9 Å². The van der Waals surface area contributed by atoms with Crippen molar-refractivity contribution in [2.24, 2.45) is 11.8 Å². The minimum Gasteiger partial charge on any atom is -0.481 e. The number of aliphatic hydroxyl groups is 1. The number of unbranched alkanes of at least 4 members (excludes halogenated alkanes) is 1. The zero-order valence-electron chi connectivity index (χ0n) is 15.8. The molecule has 0 radical (unpaired) electrons. The highest BCUT2D eigenvalue weighted by atomic mass is 16.5. The molecule has 0 amide bonds. The quantitative estimate of drug-likeness (QED) is 0.409. The van der Waals surface area contributed by atoms with Crippen molar-refractivity contribution < 1.29 is 19.7 Å². The van der Waals surface area contributed by atoms with E-state index in [-0.39, 0.29) is 12.5 Å². The smallest absolute Gasteiger partial charge is 0.303 e. The van der Waals surface area contributed by atoms with E-state index in [2.05, 4.69) is 17.5 Å². The van der Waals surface area contributed by atoms with Crippen molar-refractivity contribution in [3.05, 3.63) is 12.2 Å². The lowest BCUT2D eigenvalue weighted by atomic mass is 9.81. The molecule has 1 unspecified atom stereocenters. The van der Waals surface area contributed by atoms with Crippen LogP contribution < -0.4 is 5.32 Å². The van der Waals surface area contributed by atoms with Crippen molar-refractivity contribution in [2.75, 3.05) is 6.54 Å². The molecular formula is C21H35NO4. The molecule has 3 fully saturated rings. The summed E-state index contributed by atoms with van der Waals surface area (Å²) >= 11 is 0. The highest BCUT2D eigenvalue weighted by Crippen LogP contribution is 2.41. The average molecular weight is 366 g/mol. The van der Waals surface area contributed by atoms with Gasteiger partial charge in [-0.05, 0) is 50.9 Å². The maximum Gasteiger partial charge on any atom is 0.303 e. The number of ether oxygens (including phenoxy) is 1. The van der Waals surface area contributed by atoms with Gasteiger partial charge in [0.25, 0.3) is 0 Å². The summed E-state index contributed by atoms with van der Waals surface area (Å²) in [7, 11) is 0. The van der Waals surface area contributed by atoms with Crippen molar-refractivity contribution in [1.29, 1.82) is 0 Å². The third-order valence-electron chi connectivity index (χ3n) is 6.52. The summed E-state index contributed by atoms with van der Waals surface area (Å²) in [6.07, 6.45) is 15.9. The Morgan fingerprint density at radius 3 is 2.65 bits per heavy atom. The highest BCUT2D eigenvalue weighted by molar-refractivity contribution is 5.66. The molecule has 1 aliphatic carbocycles. The van der Waals surface area contributed by atoms with E-state index in [4.69, 9.17) is 9.84 Å². The zero-order chi connectivity index (χ0) is 18.4. The monoisotopic (exact) mass is 365 g/mol. The van der Waals surface area contributed by atoms with Gasteiger partial charge in [-0.3, -0.25) is 4.79 Å². The summed E-state index contributed by atoms with van der Waals surface area (Å²) < 4.78 is 6.13. The molecule has 0 spiro atoms. The molecule has 3 aliphatic rings. The maximum atomic E-state index is 10.5. The second-order valence-electron chi connectivity index (χ2n) is 8.35. The fourth-order valence-electron chi connectivity index (χ4n) is 5.04. The summed E-state index contributed by atoms with van der Waals surface area (Å²) in [6.45, 7) is 0.681. The number of carboxylic acids is 1. The topological polar surface area (TPSA) is 78.8 Å². The summed E-state index contributed by atoms with van der Waals surface area (Å²) in [4.78, 5) is 10.5. The number of aliphatic carboxylic acids is 1. The van der Waals surface area contributed by atoms with Crippen molar-refractivity contribution in [1.82, 2.24) is 5.32 Å². The number of carbonyl (C=O) groups is 1. The van der Waals surface area contributed by atoms with Crippen molar-refractivity contribution >= 4 is 5.97 Å². The standard InChI is InChI=1S/C21H35NO4/c23-17(15-8-4-3-5-9-15)14-22-21-16(18-12-13-19(21)26-18)10-6-1-2-7-11-20(24)25/h1,6,15-19,21-23H,2-5,7-14H2,(H,24,25)/b6-1-/t16-,17?,18+,19-,21-/m0/s1. The van der Waals surface area contributed by atoms with Crippen molar-refractivity contribution in [3.63, 3.8) is 0 Å². The van der Waals surface area contributed by atoms with Gasteiger partial charge in [-0.15, -0.1) is 0 Å². The number of hydrogen-bond acceptors (Lipinski definition) is 4. The third kappa shape index (κ3) is 5.30. The third-order valence-corrected chi connectivity index (χ3v) is 6.52. The van der Waals surface area contributed by atoms with Crippen LogP contribution in [0.2, 0.25) is 0 Å². The molecule has 148 valence electrons. The maximum absolute atomic E-state index is 10.5. The van der Waals surface area contributed by atoms with Crippen LogP contribution >= 0.6 is 0 Å². The normalized spacial score (nSPS) is 33.1. The number of allylic oxidation sites excluding steroid dienone is 2. The Balaban J connectivity index is 1.43. The van der Waals surface area contributed by atoms with Crippen LogP contribution in [0.15, 0.2) is 12.2 Å². The van der Waals surface area contributed by atoms with Gasteiger partial charge in [0.2, 0.25) is 0 Å². The molecule has 3 rings (SSSR count). The molecule has 5 heteroatoms. The number of nitrogens with one attached hydrogen (secondary N) is 1.